The zero-order valence-corrected chi connectivity index (χ0v) is 19.1. The number of amides is 2. The monoisotopic (exact) mass is 452 g/mol. The number of carbonyl (C=O) groups excluding carboxylic acids is 2. The van der Waals surface area contributed by atoms with Gasteiger partial charge in [0.05, 0.1) is 16.5 Å². The zero-order valence-electron chi connectivity index (χ0n) is 17.6. The molecule has 2 rings (SSSR count). The molecule has 0 bridgehead atoms. The average Bonchev–Trinajstić information content (AvgIpc) is 2.64. The Hall–Kier alpha value is -2.11. The van der Waals surface area contributed by atoms with Gasteiger partial charge in [0.25, 0.3) is 0 Å². The van der Waals surface area contributed by atoms with Crippen LogP contribution in [0, 0.1) is 5.82 Å². The van der Waals surface area contributed by atoms with Gasteiger partial charge >= 0.3 is 0 Å². The summed E-state index contributed by atoms with van der Waals surface area (Å²) in [5.74, 6) is -0.823. The molecular weight excluding hydrogens is 426 g/mol. The highest BCUT2D eigenvalue weighted by Crippen LogP contribution is 2.24. The Balaban J connectivity index is 2.33. The lowest BCUT2D eigenvalue weighted by molar-refractivity contribution is -0.141. The van der Waals surface area contributed by atoms with Crippen molar-refractivity contribution in [2.75, 3.05) is 0 Å². The van der Waals surface area contributed by atoms with Gasteiger partial charge in [-0.1, -0.05) is 48.3 Å². The van der Waals surface area contributed by atoms with E-state index < -0.39 is 11.6 Å². The van der Waals surface area contributed by atoms with Crippen LogP contribution in [0.4, 0.5) is 4.39 Å². The molecule has 2 amide bonds. The van der Waals surface area contributed by atoms with Crippen LogP contribution >= 0.6 is 23.2 Å². The molecule has 4 nitrogen and oxygen atoms in total. The lowest BCUT2D eigenvalue weighted by atomic mass is 10.0. The lowest BCUT2D eigenvalue weighted by Gasteiger charge is -2.33. The first-order valence-corrected chi connectivity index (χ1v) is 10.6. The highest BCUT2D eigenvalue weighted by molar-refractivity contribution is 6.42. The number of nitrogens with zero attached hydrogens (tertiary/aromatic N) is 1. The van der Waals surface area contributed by atoms with Gasteiger partial charge in [-0.25, -0.2) is 4.39 Å². The maximum atomic E-state index is 13.2. The summed E-state index contributed by atoms with van der Waals surface area (Å²) in [6.45, 7) is 7.73. The minimum Gasteiger partial charge on any atom is -0.350 e. The molecule has 0 fully saturated rings. The first-order chi connectivity index (χ1) is 14.0. The van der Waals surface area contributed by atoms with E-state index >= 15 is 0 Å². The summed E-state index contributed by atoms with van der Waals surface area (Å²) >= 11 is 12.1. The minimum atomic E-state index is -0.661. The van der Waals surface area contributed by atoms with Crippen LogP contribution in [-0.4, -0.2) is 28.3 Å². The molecule has 1 N–H and O–H groups in total. The molecule has 0 aliphatic carbocycles. The molecule has 0 saturated carbocycles. The van der Waals surface area contributed by atoms with Crippen LogP contribution in [0.1, 0.15) is 45.2 Å². The number of carbonyl (C=O) groups is 2. The topological polar surface area (TPSA) is 49.4 Å². The van der Waals surface area contributed by atoms with E-state index in [9.17, 15) is 14.0 Å². The van der Waals surface area contributed by atoms with Crippen LogP contribution in [0.15, 0.2) is 42.5 Å². The summed E-state index contributed by atoms with van der Waals surface area (Å²) in [6.07, 6.45) is 0.499. The number of halogens is 3. The predicted molar refractivity (Wildman–Crippen MR) is 119 cm³/mol. The Bertz CT molecular complexity index is 895. The lowest BCUT2D eigenvalue weighted by Crippen LogP contribution is -2.53. The molecule has 2 aromatic rings. The van der Waals surface area contributed by atoms with E-state index in [-0.39, 0.29) is 30.6 Å². The molecule has 0 heterocycles. The molecule has 0 aliphatic heterocycles. The van der Waals surface area contributed by atoms with Crippen LogP contribution in [0.5, 0.6) is 0 Å². The summed E-state index contributed by atoms with van der Waals surface area (Å²) < 4.78 is 13.2. The summed E-state index contributed by atoms with van der Waals surface area (Å²) in [5.41, 5.74) is 1.00. The molecule has 0 radical (unpaired) electrons. The van der Waals surface area contributed by atoms with Crippen LogP contribution in [0.3, 0.4) is 0 Å². The number of benzene rings is 2. The molecule has 7 heteroatoms. The van der Waals surface area contributed by atoms with Gasteiger partial charge in [0.2, 0.25) is 11.8 Å². The Morgan fingerprint density at radius 1 is 1.03 bits per heavy atom. The Labute approximate surface area is 187 Å². The molecule has 0 saturated heterocycles. The summed E-state index contributed by atoms with van der Waals surface area (Å²) in [6, 6.07) is 10.2. The highest BCUT2D eigenvalue weighted by atomic mass is 35.5. The second kappa shape index (κ2) is 10.3. The predicted octanol–water partition coefficient (Wildman–Crippen LogP) is 5.40. The normalized spacial score (nSPS) is 12.4. The van der Waals surface area contributed by atoms with Gasteiger partial charge in [-0.3, -0.25) is 9.59 Å². The SMILES string of the molecule is CC[C@H](C(=O)NC(C)(C)C)N(Cc1ccc(Cl)c(Cl)c1)C(=O)Cc1ccc(F)cc1. The Morgan fingerprint density at radius 2 is 1.63 bits per heavy atom. The molecule has 2 aromatic carbocycles. The molecule has 30 heavy (non-hydrogen) atoms. The molecular formula is C23H27Cl2FN2O2. The van der Waals surface area contributed by atoms with Crippen molar-refractivity contribution in [1.29, 1.82) is 0 Å². The van der Waals surface area contributed by atoms with Crippen molar-refractivity contribution in [3.8, 4) is 0 Å². The third kappa shape index (κ3) is 6.99. The molecule has 1 atom stereocenters. The second-order valence-corrected chi connectivity index (χ2v) is 9.05. The van der Waals surface area contributed by atoms with Crippen LogP contribution < -0.4 is 5.32 Å². The summed E-state index contributed by atoms with van der Waals surface area (Å²) in [4.78, 5) is 27.7. The fourth-order valence-electron chi connectivity index (χ4n) is 3.09. The van der Waals surface area contributed by atoms with Crippen LogP contribution in [0.2, 0.25) is 10.0 Å². The van der Waals surface area contributed by atoms with Gasteiger partial charge in [0, 0.05) is 12.1 Å². The van der Waals surface area contributed by atoms with Gasteiger partial charge in [-0.05, 0) is 62.6 Å². The Kier molecular flexibility index (Phi) is 8.27. The molecule has 162 valence electrons. The van der Waals surface area contributed by atoms with Crippen molar-refractivity contribution >= 4 is 35.0 Å². The van der Waals surface area contributed by atoms with Crippen molar-refractivity contribution in [3.05, 3.63) is 69.5 Å². The minimum absolute atomic E-state index is 0.0564. The third-order valence-electron chi connectivity index (χ3n) is 4.49. The molecule has 0 aromatic heterocycles. The number of hydrogen-bond donors (Lipinski definition) is 1. The summed E-state index contributed by atoms with van der Waals surface area (Å²) in [5, 5.41) is 3.75. The van der Waals surface area contributed by atoms with Gasteiger partial charge in [-0.2, -0.15) is 0 Å². The first kappa shape index (κ1) is 24.2. The maximum absolute atomic E-state index is 13.2. The highest BCUT2D eigenvalue weighted by Gasteiger charge is 2.30. The second-order valence-electron chi connectivity index (χ2n) is 8.24. The quantitative estimate of drug-likeness (QED) is 0.611. The van der Waals surface area contributed by atoms with E-state index in [1.54, 1.807) is 35.2 Å². The number of rotatable bonds is 7. The maximum Gasteiger partial charge on any atom is 0.243 e. The average molecular weight is 453 g/mol. The number of nitrogens with one attached hydrogen (secondary N) is 1. The van der Waals surface area contributed by atoms with Crippen molar-refractivity contribution in [2.24, 2.45) is 0 Å². The van der Waals surface area contributed by atoms with E-state index in [1.165, 1.54) is 12.1 Å². The van der Waals surface area contributed by atoms with E-state index in [2.05, 4.69) is 5.32 Å². The van der Waals surface area contributed by atoms with E-state index in [4.69, 9.17) is 23.2 Å². The van der Waals surface area contributed by atoms with Gasteiger partial charge in [0.15, 0.2) is 0 Å². The molecule has 0 unspecified atom stereocenters. The van der Waals surface area contributed by atoms with Gasteiger partial charge in [0.1, 0.15) is 11.9 Å². The van der Waals surface area contributed by atoms with Gasteiger partial charge < -0.3 is 10.2 Å². The van der Waals surface area contributed by atoms with Crippen molar-refractivity contribution < 1.29 is 14.0 Å². The van der Waals surface area contributed by atoms with Crippen molar-refractivity contribution in [3.63, 3.8) is 0 Å². The van der Waals surface area contributed by atoms with Crippen molar-refractivity contribution in [2.45, 2.75) is 58.7 Å². The molecule has 0 aliphatic rings. The Morgan fingerprint density at radius 3 is 2.17 bits per heavy atom. The van der Waals surface area contributed by atoms with E-state index in [1.807, 2.05) is 27.7 Å². The fourth-order valence-corrected chi connectivity index (χ4v) is 3.41. The van der Waals surface area contributed by atoms with Crippen molar-refractivity contribution in [1.82, 2.24) is 10.2 Å². The summed E-state index contributed by atoms with van der Waals surface area (Å²) in [7, 11) is 0. The van der Waals surface area contributed by atoms with Crippen LogP contribution in [0.25, 0.3) is 0 Å². The van der Waals surface area contributed by atoms with Crippen LogP contribution in [-0.2, 0) is 22.6 Å². The van der Waals surface area contributed by atoms with Gasteiger partial charge in [-0.15, -0.1) is 0 Å². The number of hydrogen-bond acceptors (Lipinski definition) is 2. The largest absolute Gasteiger partial charge is 0.350 e. The smallest absolute Gasteiger partial charge is 0.243 e. The zero-order chi connectivity index (χ0) is 22.5. The third-order valence-corrected chi connectivity index (χ3v) is 5.23. The fraction of sp³-hybridized carbons (Fsp3) is 0.391. The first-order valence-electron chi connectivity index (χ1n) is 9.80. The standard InChI is InChI=1S/C23H27Cl2FN2O2/c1-5-20(22(30)27-23(2,3)4)28(14-16-8-11-18(24)19(25)12-16)21(29)13-15-6-9-17(26)10-7-15/h6-12,20H,5,13-14H2,1-4H3,(H,27,30)/t20-/m1/s1. The van der Waals surface area contributed by atoms with E-state index in [0.29, 0.717) is 22.0 Å². The van der Waals surface area contributed by atoms with E-state index in [0.717, 1.165) is 5.56 Å². The molecule has 0 spiro atoms.